The van der Waals surface area contributed by atoms with Gasteiger partial charge in [0.25, 0.3) is 5.91 Å². The van der Waals surface area contributed by atoms with E-state index in [0.717, 1.165) is 80.1 Å². The predicted molar refractivity (Wildman–Crippen MR) is 186 cm³/mol. The Morgan fingerprint density at radius 1 is 0.959 bits per heavy atom. The van der Waals surface area contributed by atoms with Gasteiger partial charge in [-0.05, 0) is 42.2 Å². The lowest BCUT2D eigenvalue weighted by atomic mass is 9.97. The number of carbonyl (C=O) groups is 1. The summed E-state index contributed by atoms with van der Waals surface area (Å²) in [4.78, 5) is 45.5. The molecule has 0 atom stereocenters. The molecule has 2 aliphatic rings. The Morgan fingerprint density at radius 3 is 2.65 bits per heavy atom. The highest BCUT2D eigenvalue weighted by Gasteiger charge is 2.25. The highest BCUT2D eigenvalue weighted by atomic mass is 16.5. The van der Waals surface area contributed by atoms with Crippen molar-refractivity contribution in [3.63, 3.8) is 0 Å². The number of carbonyl (C=O) groups excluding carboxylic acids is 1. The molecule has 250 valence electrons. The van der Waals surface area contributed by atoms with Crippen molar-refractivity contribution in [1.29, 1.82) is 0 Å². The number of hydrogen-bond donors (Lipinski definition) is 2. The molecule has 8 rings (SSSR count). The maximum atomic E-state index is 13.5. The molecule has 1 aromatic carbocycles. The lowest BCUT2D eigenvalue weighted by Crippen LogP contribution is -2.48. The number of H-pyrrole nitrogens is 1. The molecule has 0 aliphatic carbocycles. The normalized spacial score (nSPS) is 15.3. The van der Waals surface area contributed by atoms with E-state index < -0.39 is 0 Å². The van der Waals surface area contributed by atoms with Gasteiger partial charge in [-0.3, -0.25) is 9.69 Å². The second-order valence-corrected chi connectivity index (χ2v) is 12.5. The Hall–Kier alpha value is -5.47. The molecule has 14 heteroatoms. The molecule has 0 unspecified atom stereocenters. The number of nitrogen functional groups attached to an aromatic ring is 1. The number of aromatic amines is 1. The van der Waals surface area contributed by atoms with Crippen molar-refractivity contribution in [2.75, 3.05) is 63.1 Å². The molecule has 0 bridgehead atoms. The Bertz CT molecular complexity index is 2120. The minimum atomic E-state index is -0.0536. The van der Waals surface area contributed by atoms with E-state index >= 15 is 0 Å². The number of nitrogens with one attached hydrogen (secondary N) is 1. The number of benzene rings is 1. The Morgan fingerprint density at radius 2 is 1.82 bits per heavy atom. The second-order valence-electron chi connectivity index (χ2n) is 12.5. The van der Waals surface area contributed by atoms with Crippen LogP contribution in [0.4, 0.5) is 11.8 Å². The lowest BCUT2D eigenvalue weighted by molar-refractivity contribution is 0.0734. The molecule has 49 heavy (non-hydrogen) atoms. The molecule has 1 amide bonds. The maximum Gasteiger partial charge on any atom is 0.257 e. The van der Waals surface area contributed by atoms with Crippen LogP contribution in [0.3, 0.4) is 0 Å². The van der Waals surface area contributed by atoms with E-state index in [9.17, 15) is 4.79 Å². The van der Waals surface area contributed by atoms with Gasteiger partial charge in [0.15, 0.2) is 5.65 Å². The van der Waals surface area contributed by atoms with Crippen LogP contribution in [0, 0.1) is 0 Å². The van der Waals surface area contributed by atoms with E-state index in [-0.39, 0.29) is 5.91 Å². The number of aromatic nitrogens is 8. The first-order chi connectivity index (χ1) is 24.0. The summed E-state index contributed by atoms with van der Waals surface area (Å²) in [6.45, 7) is 9.71. The minimum Gasteiger partial charge on any atom is -0.383 e. The largest absolute Gasteiger partial charge is 0.383 e. The first kappa shape index (κ1) is 30.8. The van der Waals surface area contributed by atoms with E-state index in [4.69, 9.17) is 15.6 Å². The molecular formula is C35H38N12O2. The van der Waals surface area contributed by atoms with Crippen molar-refractivity contribution < 1.29 is 9.53 Å². The average molecular weight is 659 g/mol. The van der Waals surface area contributed by atoms with E-state index in [1.165, 1.54) is 11.9 Å². The average Bonchev–Trinajstić information content (AvgIpc) is 3.77. The molecule has 0 radical (unpaired) electrons. The fraction of sp³-hybridized carbons (Fsp3) is 0.343. The van der Waals surface area contributed by atoms with Gasteiger partial charge in [0.2, 0.25) is 5.95 Å². The van der Waals surface area contributed by atoms with Crippen LogP contribution in [0.15, 0.2) is 61.4 Å². The van der Waals surface area contributed by atoms with E-state index in [1.54, 1.807) is 18.6 Å². The monoisotopic (exact) mass is 658 g/mol. The van der Waals surface area contributed by atoms with Gasteiger partial charge in [-0.25, -0.2) is 29.6 Å². The Balaban J connectivity index is 0.939. The van der Waals surface area contributed by atoms with Gasteiger partial charge in [0, 0.05) is 88.2 Å². The molecule has 7 heterocycles. The van der Waals surface area contributed by atoms with Crippen molar-refractivity contribution in [3.8, 4) is 11.3 Å². The van der Waals surface area contributed by atoms with Crippen molar-refractivity contribution in [1.82, 2.24) is 49.5 Å². The van der Waals surface area contributed by atoms with Crippen molar-refractivity contribution in [2.24, 2.45) is 0 Å². The number of piperazine rings is 1. The number of ether oxygens (including phenoxy) is 1. The highest BCUT2D eigenvalue weighted by molar-refractivity contribution is 5.99. The predicted octanol–water partition coefficient (Wildman–Crippen LogP) is 3.15. The number of anilines is 2. The van der Waals surface area contributed by atoms with Crippen LogP contribution in [0.25, 0.3) is 33.3 Å². The third kappa shape index (κ3) is 6.16. The zero-order chi connectivity index (χ0) is 33.3. The molecule has 0 spiro atoms. The number of hydrogen-bond acceptors (Lipinski definition) is 11. The highest BCUT2D eigenvalue weighted by Crippen LogP contribution is 2.32. The van der Waals surface area contributed by atoms with Crippen molar-refractivity contribution in [3.05, 3.63) is 83.7 Å². The third-order valence-electron chi connectivity index (χ3n) is 9.43. The molecule has 0 saturated carbocycles. The molecule has 2 aliphatic heterocycles. The van der Waals surface area contributed by atoms with Crippen LogP contribution in [-0.4, -0.2) is 108 Å². The summed E-state index contributed by atoms with van der Waals surface area (Å²) in [6, 6.07) is 10.4. The summed E-state index contributed by atoms with van der Waals surface area (Å²) in [7, 11) is 0. The van der Waals surface area contributed by atoms with Crippen molar-refractivity contribution >= 4 is 39.7 Å². The number of rotatable bonds is 9. The fourth-order valence-electron chi connectivity index (χ4n) is 6.75. The molecule has 14 nitrogen and oxygen atoms in total. The van der Waals surface area contributed by atoms with Gasteiger partial charge in [0.05, 0.1) is 24.1 Å². The van der Waals surface area contributed by atoms with Crippen LogP contribution in [0.5, 0.6) is 0 Å². The number of pyridine rings is 1. The van der Waals surface area contributed by atoms with E-state index in [2.05, 4.69) is 57.9 Å². The second kappa shape index (κ2) is 13.2. The number of nitrogens with two attached hydrogens (primary N) is 1. The summed E-state index contributed by atoms with van der Waals surface area (Å²) in [5, 5.41) is 6.64. The minimum absolute atomic E-state index is 0.0536. The van der Waals surface area contributed by atoms with Crippen LogP contribution in [0.2, 0.25) is 0 Å². The summed E-state index contributed by atoms with van der Waals surface area (Å²) < 4.78 is 7.36. The first-order valence-corrected chi connectivity index (χ1v) is 16.7. The summed E-state index contributed by atoms with van der Waals surface area (Å²) in [5.74, 6) is 0.992. The quantitative estimate of drug-likeness (QED) is 0.220. The third-order valence-corrected chi connectivity index (χ3v) is 9.43. The van der Waals surface area contributed by atoms with Crippen LogP contribution in [0.1, 0.15) is 34.0 Å². The summed E-state index contributed by atoms with van der Waals surface area (Å²) in [6.07, 6.45) is 9.20. The van der Waals surface area contributed by atoms with Crippen LogP contribution >= 0.6 is 0 Å². The molecular weight excluding hydrogens is 620 g/mol. The lowest BCUT2D eigenvalue weighted by Gasteiger charge is -2.34. The zero-order valence-corrected chi connectivity index (χ0v) is 27.4. The number of fused-ring (bicyclic) bond motifs is 3. The molecule has 5 aromatic heterocycles. The van der Waals surface area contributed by atoms with Crippen LogP contribution in [-0.2, 0) is 24.2 Å². The summed E-state index contributed by atoms with van der Waals surface area (Å²) >= 11 is 0. The number of nitrogens with zero attached hydrogens (tertiary/aromatic N) is 10. The van der Waals surface area contributed by atoms with Gasteiger partial charge < -0.3 is 25.3 Å². The molecule has 6 aromatic rings. The Kier molecular flexibility index (Phi) is 8.31. The SMILES string of the molecule is CCOCCN1CCN(c2ncc(C(=O)N3CCc4cc(Cn5nc(-c6cnc7[nH]ccc7c6)c6c(N)ncnc65)ccc4C3)cn2)CC1. The van der Waals surface area contributed by atoms with Crippen molar-refractivity contribution in [2.45, 2.75) is 26.4 Å². The molecule has 3 N–H and O–H groups in total. The standard InChI is InChI=1S/C35H38N12O2/c1-2-49-14-13-44-9-11-45(12-10-44)35-39-18-28(19-40-35)34(48)46-8-6-24-15-23(3-4-26(24)21-46)20-47-33-29(31(36)41-22-42-33)30(43-47)27-16-25-5-7-37-32(25)38-17-27/h3-5,7,15-19,22H,2,6,8-14,20-21H2,1H3,(H,37,38)(H2,36,41,42). The molecule has 1 saturated heterocycles. The van der Waals surface area contributed by atoms with E-state index in [1.807, 2.05) is 34.8 Å². The first-order valence-electron chi connectivity index (χ1n) is 16.7. The Labute approximate surface area is 283 Å². The topological polar surface area (TPSA) is 160 Å². The van der Waals surface area contributed by atoms with Gasteiger partial charge in [-0.15, -0.1) is 0 Å². The summed E-state index contributed by atoms with van der Waals surface area (Å²) in [5.41, 5.74) is 13.3. The maximum absolute atomic E-state index is 13.5. The van der Waals surface area contributed by atoms with Gasteiger partial charge in [0.1, 0.15) is 23.5 Å². The van der Waals surface area contributed by atoms with Crippen LogP contribution < -0.4 is 10.6 Å². The van der Waals surface area contributed by atoms with Gasteiger partial charge in [-0.1, -0.05) is 18.2 Å². The van der Waals surface area contributed by atoms with Gasteiger partial charge in [-0.2, -0.15) is 5.10 Å². The number of amides is 1. The molecule has 1 fully saturated rings. The zero-order valence-electron chi connectivity index (χ0n) is 27.4. The fourth-order valence-corrected chi connectivity index (χ4v) is 6.75. The van der Waals surface area contributed by atoms with E-state index in [0.29, 0.717) is 53.7 Å². The smallest absolute Gasteiger partial charge is 0.257 e. The van der Waals surface area contributed by atoms with Gasteiger partial charge >= 0.3 is 0 Å².